The summed E-state index contributed by atoms with van der Waals surface area (Å²) in [5.41, 5.74) is 0.724. The number of carbonyl (C=O) groups excluding carboxylic acids is 2. The van der Waals surface area contributed by atoms with Crippen LogP contribution in [0.3, 0.4) is 0 Å². The Kier molecular flexibility index (Phi) is 5.54. The normalized spacial score (nSPS) is 14.7. The number of fused-ring (bicyclic) bond motifs is 1. The van der Waals surface area contributed by atoms with Crippen LogP contribution in [0.1, 0.15) is 23.3 Å². The molecule has 0 spiro atoms. The van der Waals surface area contributed by atoms with Gasteiger partial charge < -0.3 is 19.1 Å². The molecule has 2 heterocycles. The maximum absolute atomic E-state index is 12.0. The van der Waals surface area contributed by atoms with Gasteiger partial charge in [-0.25, -0.2) is 14.8 Å². The van der Waals surface area contributed by atoms with Crippen LogP contribution in [0.4, 0.5) is 0 Å². The quantitative estimate of drug-likeness (QED) is 0.586. The summed E-state index contributed by atoms with van der Waals surface area (Å²) in [5.74, 6) is 0.395. The summed E-state index contributed by atoms with van der Waals surface area (Å²) in [6, 6.07) is 3.40. The summed E-state index contributed by atoms with van der Waals surface area (Å²) in [5, 5.41) is 0.527. The first kappa shape index (κ1) is 18.6. The number of benzene rings is 1. The minimum atomic E-state index is -0.547. The molecule has 0 aliphatic carbocycles. The molecule has 1 aromatic heterocycles. The minimum absolute atomic E-state index is 0.0726. The number of aromatic nitrogens is 2. The van der Waals surface area contributed by atoms with Crippen molar-refractivity contribution in [2.24, 2.45) is 0 Å². The van der Waals surface area contributed by atoms with Crippen LogP contribution < -0.4 is 9.47 Å². The van der Waals surface area contributed by atoms with Gasteiger partial charge in [0.2, 0.25) is 5.91 Å². The summed E-state index contributed by atoms with van der Waals surface area (Å²) >= 11 is 0. The van der Waals surface area contributed by atoms with Gasteiger partial charge in [0.05, 0.1) is 19.7 Å². The van der Waals surface area contributed by atoms with Crippen molar-refractivity contribution < 1.29 is 23.8 Å². The summed E-state index contributed by atoms with van der Waals surface area (Å²) in [7, 11) is 2.84. The average molecular weight is 371 g/mol. The second kappa shape index (κ2) is 8.03. The molecule has 1 saturated heterocycles. The lowest BCUT2D eigenvalue weighted by Gasteiger charge is -2.31. The summed E-state index contributed by atoms with van der Waals surface area (Å²) in [6.45, 7) is 4.71. The third kappa shape index (κ3) is 3.84. The van der Waals surface area contributed by atoms with Gasteiger partial charge in [-0.1, -0.05) is 6.58 Å². The van der Waals surface area contributed by atoms with Crippen LogP contribution in [0.25, 0.3) is 10.9 Å². The average Bonchev–Trinajstić information content (AvgIpc) is 2.72. The number of esters is 1. The van der Waals surface area contributed by atoms with Crippen LogP contribution >= 0.6 is 0 Å². The first-order valence-corrected chi connectivity index (χ1v) is 8.56. The van der Waals surface area contributed by atoms with E-state index < -0.39 is 5.97 Å². The molecule has 3 rings (SSSR count). The van der Waals surface area contributed by atoms with Crippen molar-refractivity contribution in [3.8, 4) is 11.5 Å². The number of piperidine rings is 1. The van der Waals surface area contributed by atoms with E-state index in [1.54, 1.807) is 24.1 Å². The summed E-state index contributed by atoms with van der Waals surface area (Å²) in [4.78, 5) is 33.6. The van der Waals surface area contributed by atoms with Crippen molar-refractivity contribution in [2.45, 2.75) is 18.9 Å². The number of carbonyl (C=O) groups is 2. The van der Waals surface area contributed by atoms with Gasteiger partial charge in [-0.2, -0.15) is 0 Å². The van der Waals surface area contributed by atoms with Gasteiger partial charge in [0.25, 0.3) is 0 Å². The van der Waals surface area contributed by atoms with E-state index in [-0.39, 0.29) is 17.7 Å². The van der Waals surface area contributed by atoms with Crippen LogP contribution in [-0.4, -0.2) is 60.2 Å². The number of nitrogens with zero attached hydrogens (tertiary/aromatic N) is 3. The number of likely N-dealkylation sites (tertiary alicyclic amines) is 1. The number of hydrogen-bond acceptors (Lipinski definition) is 7. The molecule has 0 radical (unpaired) electrons. The lowest BCUT2D eigenvalue weighted by molar-refractivity contribution is -0.127. The molecule has 1 fully saturated rings. The highest BCUT2D eigenvalue weighted by Crippen LogP contribution is 2.34. The molecule has 0 unspecified atom stereocenters. The van der Waals surface area contributed by atoms with Crippen molar-refractivity contribution in [2.75, 3.05) is 27.3 Å². The zero-order chi connectivity index (χ0) is 19.4. The van der Waals surface area contributed by atoms with Crippen LogP contribution in [-0.2, 0) is 9.53 Å². The summed E-state index contributed by atoms with van der Waals surface area (Å²) < 4.78 is 16.3. The molecule has 0 atom stereocenters. The molecule has 8 heteroatoms. The Labute approximate surface area is 156 Å². The number of hydrogen-bond donors (Lipinski definition) is 0. The number of amides is 1. The smallest absolute Gasteiger partial charge is 0.357 e. The van der Waals surface area contributed by atoms with E-state index in [0.29, 0.717) is 48.3 Å². The highest BCUT2D eigenvalue weighted by molar-refractivity contribution is 6.02. The van der Waals surface area contributed by atoms with Crippen molar-refractivity contribution in [3.63, 3.8) is 0 Å². The van der Waals surface area contributed by atoms with E-state index in [0.717, 1.165) is 0 Å². The Bertz CT molecular complexity index is 875. The number of rotatable bonds is 5. The molecular formula is C19H21N3O5. The maximum atomic E-state index is 12.0. The summed E-state index contributed by atoms with van der Waals surface area (Å²) in [6.07, 6.45) is 3.94. The second-order valence-electron chi connectivity index (χ2n) is 6.08. The van der Waals surface area contributed by atoms with Crippen LogP contribution in [0.2, 0.25) is 0 Å². The first-order chi connectivity index (χ1) is 13.1. The predicted octanol–water partition coefficient (Wildman–Crippen LogP) is 1.98. The first-order valence-electron chi connectivity index (χ1n) is 8.56. The maximum Gasteiger partial charge on any atom is 0.357 e. The highest BCUT2D eigenvalue weighted by atomic mass is 16.5. The van der Waals surface area contributed by atoms with Crippen molar-refractivity contribution >= 4 is 22.8 Å². The van der Waals surface area contributed by atoms with E-state index >= 15 is 0 Å². The Balaban J connectivity index is 1.86. The Morgan fingerprint density at radius 2 is 1.93 bits per heavy atom. The molecule has 0 N–H and O–H groups in total. The van der Waals surface area contributed by atoms with Gasteiger partial charge in [-0.05, 0) is 12.1 Å². The fourth-order valence-corrected chi connectivity index (χ4v) is 3.08. The van der Waals surface area contributed by atoms with E-state index in [9.17, 15) is 9.59 Å². The third-order valence-corrected chi connectivity index (χ3v) is 4.52. The molecule has 142 valence electrons. The van der Waals surface area contributed by atoms with Crippen LogP contribution in [0, 0.1) is 0 Å². The van der Waals surface area contributed by atoms with Crippen molar-refractivity contribution in [1.82, 2.24) is 14.9 Å². The SMILES string of the molecule is C=CC(=O)N1CCC(Oc2cc3c(C(=O)OC)ncnc3cc2OC)CC1. The molecule has 1 aliphatic rings. The monoisotopic (exact) mass is 371 g/mol. The van der Waals surface area contributed by atoms with Gasteiger partial charge in [-0.15, -0.1) is 0 Å². The fraction of sp³-hybridized carbons (Fsp3) is 0.368. The molecule has 8 nitrogen and oxygen atoms in total. The van der Waals surface area contributed by atoms with Crippen LogP contribution in [0.15, 0.2) is 31.1 Å². The Morgan fingerprint density at radius 3 is 2.56 bits per heavy atom. The van der Waals surface area contributed by atoms with Crippen molar-refractivity contribution in [3.05, 3.63) is 36.8 Å². The highest BCUT2D eigenvalue weighted by Gasteiger charge is 2.24. The zero-order valence-corrected chi connectivity index (χ0v) is 15.3. The third-order valence-electron chi connectivity index (χ3n) is 4.52. The van der Waals surface area contributed by atoms with Gasteiger partial charge in [0.1, 0.15) is 12.4 Å². The van der Waals surface area contributed by atoms with E-state index in [2.05, 4.69) is 16.5 Å². The standard InChI is InChI=1S/C19H21N3O5/c1-4-17(23)22-7-5-12(6-8-22)27-16-9-13-14(10-15(16)25-2)20-11-21-18(13)19(24)26-3/h4,9-12H,1,5-8H2,2-3H3. The van der Waals surface area contributed by atoms with Crippen LogP contribution in [0.5, 0.6) is 11.5 Å². The van der Waals surface area contributed by atoms with Gasteiger partial charge >= 0.3 is 5.97 Å². The minimum Gasteiger partial charge on any atom is -0.493 e. The molecule has 2 aromatic rings. The topological polar surface area (TPSA) is 90.9 Å². The molecule has 0 bridgehead atoms. The van der Waals surface area contributed by atoms with E-state index in [4.69, 9.17) is 14.2 Å². The molecule has 27 heavy (non-hydrogen) atoms. The number of methoxy groups -OCH3 is 2. The van der Waals surface area contributed by atoms with Gasteiger partial charge in [-0.3, -0.25) is 4.79 Å². The Morgan fingerprint density at radius 1 is 1.19 bits per heavy atom. The molecule has 1 aromatic carbocycles. The van der Waals surface area contributed by atoms with Gasteiger partial charge in [0.15, 0.2) is 17.2 Å². The van der Waals surface area contributed by atoms with Crippen molar-refractivity contribution in [1.29, 1.82) is 0 Å². The van der Waals surface area contributed by atoms with E-state index in [1.807, 2.05) is 0 Å². The van der Waals surface area contributed by atoms with Gasteiger partial charge in [0, 0.05) is 37.4 Å². The fourth-order valence-electron chi connectivity index (χ4n) is 3.08. The predicted molar refractivity (Wildman–Crippen MR) is 97.9 cm³/mol. The Hall–Kier alpha value is -3.16. The number of ether oxygens (including phenoxy) is 3. The lowest BCUT2D eigenvalue weighted by Crippen LogP contribution is -2.41. The lowest BCUT2D eigenvalue weighted by atomic mass is 10.1. The molecule has 1 aliphatic heterocycles. The van der Waals surface area contributed by atoms with E-state index in [1.165, 1.54) is 19.5 Å². The molecule has 0 saturated carbocycles. The molecular weight excluding hydrogens is 350 g/mol. The zero-order valence-electron chi connectivity index (χ0n) is 15.3. The molecule has 1 amide bonds. The second-order valence-corrected chi connectivity index (χ2v) is 6.08. The largest absolute Gasteiger partial charge is 0.493 e.